The van der Waals surface area contributed by atoms with Gasteiger partial charge in [-0.1, -0.05) is 12.8 Å². The number of benzene rings is 1. The molecular weight excluding hydrogens is 352 g/mol. The van der Waals surface area contributed by atoms with Crippen molar-refractivity contribution in [2.24, 2.45) is 0 Å². The molecule has 2 saturated heterocycles. The standard InChI is InChI=1S/C19H26N2O4S/c22-19(20-12-13-25-18-6-2-1-5-17(18)20)15-7-9-16(10-8-15)21-11-3-4-14-26(21,23)24/h7-10,17-18H,1-6,11-14H2. The van der Waals surface area contributed by atoms with E-state index in [1.807, 2.05) is 4.90 Å². The second kappa shape index (κ2) is 7.19. The van der Waals surface area contributed by atoms with Gasteiger partial charge in [0.1, 0.15) is 0 Å². The molecule has 1 amide bonds. The van der Waals surface area contributed by atoms with Crippen LogP contribution in [0.25, 0.3) is 0 Å². The normalized spacial score (nSPS) is 28.5. The third-order valence-corrected chi connectivity index (χ3v) is 7.61. The molecule has 7 heteroatoms. The zero-order valence-electron chi connectivity index (χ0n) is 15.0. The Bertz CT molecular complexity index is 760. The van der Waals surface area contributed by atoms with Crippen LogP contribution in [0.2, 0.25) is 0 Å². The molecule has 2 heterocycles. The van der Waals surface area contributed by atoms with E-state index in [2.05, 4.69) is 0 Å². The van der Waals surface area contributed by atoms with E-state index in [4.69, 9.17) is 4.74 Å². The Labute approximate surface area is 155 Å². The SMILES string of the molecule is O=C(c1ccc(N2CCCCS2(=O)=O)cc1)N1CCOC2CCCCC21. The second-order valence-corrected chi connectivity index (χ2v) is 9.41. The van der Waals surface area contributed by atoms with E-state index in [1.165, 1.54) is 10.7 Å². The maximum atomic E-state index is 13.0. The van der Waals surface area contributed by atoms with E-state index in [-0.39, 0.29) is 23.8 Å². The molecule has 1 aromatic carbocycles. The fourth-order valence-corrected chi connectivity index (χ4v) is 6.00. The van der Waals surface area contributed by atoms with Gasteiger partial charge >= 0.3 is 0 Å². The predicted octanol–water partition coefficient (Wildman–Crippen LogP) is 2.40. The molecule has 3 fully saturated rings. The topological polar surface area (TPSA) is 66.9 Å². The molecule has 2 unspecified atom stereocenters. The monoisotopic (exact) mass is 378 g/mol. The van der Waals surface area contributed by atoms with Crippen molar-refractivity contribution in [1.29, 1.82) is 0 Å². The number of sulfonamides is 1. The Balaban J connectivity index is 1.52. The van der Waals surface area contributed by atoms with Gasteiger partial charge in [-0.2, -0.15) is 0 Å². The summed E-state index contributed by atoms with van der Waals surface area (Å²) in [4.78, 5) is 15.0. The Morgan fingerprint density at radius 2 is 1.77 bits per heavy atom. The average Bonchev–Trinajstić information content (AvgIpc) is 2.67. The number of hydrogen-bond acceptors (Lipinski definition) is 4. The van der Waals surface area contributed by atoms with Gasteiger partial charge in [0.2, 0.25) is 10.0 Å². The molecular formula is C19H26N2O4S. The van der Waals surface area contributed by atoms with Crippen molar-refractivity contribution in [3.8, 4) is 0 Å². The van der Waals surface area contributed by atoms with Crippen LogP contribution in [0.4, 0.5) is 5.69 Å². The first kappa shape index (κ1) is 17.8. The Morgan fingerprint density at radius 1 is 1.00 bits per heavy atom. The van der Waals surface area contributed by atoms with Gasteiger partial charge in [0.05, 0.1) is 30.2 Å². The summed E-state index contributed by atoms with van der Waals surface area (Å²) in [5.41, 5.74) is 1.27. The van der Waals surface area contributed by atoms with E-state index in [0.29, 0.717) is 30.9 Å². The number of anilines is 1. The summed E-state index contributed by atoms with van der Waals surface area (Å²) < 4.78 is 31.8. The molecule has 1 aliphatic carbocycles. The number of carbonyl (C=O) groups excluding carboxylic acids is 1. The van der Waals surface area contributed by atoms with Gasteiger partial charge < -0.3 is 9.64 Å². The minimum absolute atomic E-state index is 0.0262. The van der Waals surface area contributed by atoms with Crippen LogP contribution in [0.1, 0.15) is 48.9 Å². The lowest BCUT2D eigenvalue weighted by molar-refractivity contribution is -0.0752. The first-order valence-electron chi connectivity index (χ1n) is 9.59. The van der Waals surface area contributed by atoms with Crippen molar-refractivity contribution >= 4 is 21.6 Å². The zero-order chi connectivity index (χ0) is 18.1. The first-order chi connectivity index (χ1) is 12.6. The van der Waals surface area contributed by atoms with Crippen LogP contribution in [0.3, 0.4) is 0 Å². The van der Waals surface area contributed by atoms with Crippen LogP contribution in [0.5, 0.6) is 0 Å². The zero-order valence-corrected chi connectivity index (χ0v) is 15.8. The lowest BCUT2D eigenvalue weighted by Crippen LogP contribution is -2.54. The van der Waals surface area contributed by atoms with Crippen molar-refractivity contribution in [2.45, 2.75) is 50.7 Å². The Kier molecular flexibility index (Phi) is 4.92. The average molecular weight is 378 g/mol. The van der Waals surface area contributed by atoms with E-state index in [0.717, 1.165) is 32.1 Å². The van der Waals surface area contributed by atoms with Gasteiger partial charge in [0.25, 0.3) is 5.91 Å². The smallest absolute Gasteiger partial charge is 0.254 e. The molecule has 6 nitrogen and oxygen atoms in total. The number of ether oxygens (including phenoxy) is 1. The van der Waals surface area contributed by atoms with E-state index < -0.39 is 10.0 Å². The highest BCUT2D eigenvalue weighted by Gasteiger charge is 2.37. The van der Waals surface area contributed by atoms with Gasteiger partial charge in [-0.15, -0.1) is 0 Å². The summed E-state index contributed by atoms with van der Waals surface area (Å²) >= 11 is 0. The van der Waals surface area contributed by atoms with Crippen LogP contribution in [0.15, 0.2) is 24.3 Å². The maximum Gasteiger partial charge on any atom is 0.254 e. The third kappa shape index (κ3) is 3.34. The lowest BCUT2D eigenvalue weighted by Gasteiger charge is -2.43. The van der Waals surface area contributed by atoms with E-state index in [1.54, 1.807) is 24.3 Å². The number of morpholine rings is 1. The van der Waals surface area contributed by atoms with Gasteiger partial charge in [0, 0.05) is 18.7 Å². The third-order valence-electron chi connectivity index (χ3n) is 5.74. The molecule has 1 saturated carbocycles. The number of nitrogens with zero attached hydrogens (tertiary/aromatic N) is 2. The molecule has 142 valence electrons. The second-order valence-electron chi connectivity index (χ2n) is 7.40. The fourth-order valence-electron chi connectivity index (χ4n) is 4.36. The number of carbonyl (C=O) groups is 1. The van der Waals surface area contributed by atoms with E-state index >= 15 is 0 Å². The highest BCUT2D eigenvalue weighted by Crippen LogP contribution is 2.30. The highest BCUT2D eigenvalue weighted by molar-refractivity contribution is 7.92. The van der Waals surface area contributed by atoms with Crippen molar-refractivity contribution in [3.05, 3.63) is 29.8 Å². The molecule has 1 aromatic rings. The Morgan fingerprint density at radius 3 is 2.54 bits per heavy atom. The van der Waals surface area contributed by atoms with Gasteiger partial charge in [0.15, 0.2) is 0 Å². The quantitative estimate of drug-likeness (QED) is 0.793. The molecule has 0 bridgehead atoms. The van der Waals surface area contributed by atoms with Crippen molar-refractivity contribution < 1.29 is 17.9 Å². The number of amides is 1. The molecule has 0 N–H and O–H groups in total. The van der Waals surface area contributed by atoms with Crippen LogP contribution in [0, 0.1) is 0 Å². The number of hydrogen-bond donors (Lipinski definition) is 0. The van der Waals surface area contributed by atoms with Crippen LogP contribution in [-0.2, 0) is 14.8 Å². The highest BCUT2D eigenvalue weighted by atomic mass is 32.2. The number of fused-ring (bicyclic) bond motifs is 1. The largest absolute Gasteiger partial charge is 0.374 e. The summed E-state index contributed by atoms with van der Waals surface area (Å²) in [5, 5.41) is 0. The van der Waals surface area contributed by atoms with Crippen molar-refractivity contribution in [2.75, 3.05) is 29.8 Å². The maximum absolute atomic E-state index is 13.0. The van der Waals surface area contributed by atoms with Crippen molar-refractivity contribution in [3.63, 3.8) is 0 Å². The molecule has 0 radical (unpaired) electrons. The molecule has 0 aromatic heterocycles. The lowest BCUT2D eigenvalue weighted by atomic mass is 9.89. The molecule has 4 rings (SSSR count). The van der Waals surface area contributed by atoms with Crippen LogP contribution < -0.4 is 4.31 Å². The molecule has 2 aliphatic heterocycles. The summed E-state index contributed by atoms with van der Waals surface area (Å²) in [6.45, 7) is 1.74. The summed E-state index contributed by atoms with van der Waals surface area (Å²) in [6, 6.07) is 7.21. The fraction of sp³-hybridized carbons (Fsp3) is 0.632. The van der Waals surface area contributed by atoms with Gasteiger partial charge in [-0.05, 0) is 49.9 Å². The van der Waals surface area contributed by atoms with E-state index in [9.17, 15) is 13.2 Å². The minimum Gasteiger partial charge on any atom is -0.374 e. The van der Waals surface area contributed by atoms with Crippen LogP contribution in [-0.4, -0.2) is 56.8 Å². The van der Waals surface area contributed by atoms with Gasteiger partial charge in [-0.3, -0.25) is 9.10 Å². The summed E-state index contributed by atoms with van der Waals surface area (Å²) in [5.74, 6) is 0.225. The van der Waals surface area contributed by atoms with Gasteiger partial charge in [-0.25, -0.2) is 8.42 Å². The predicted molar refractivity (Wildman–Crippen MR) is 99.8 cm³/mol. The Hall–Kier alpha value is -1.60. The molecule has 3 aliphatic rings. The molecule has 0 spiro atoms. The van der Waals surface area contributed by atoms with Crippen LogP contribution >= 0.6 is 0 Å². The number of rotatable bonds is 2. The minimum atomic E-state index is -3.22. The summed E-state index contributed by atoms with van der Waals surface area (Å²) in [7, 11) is -3.22. The molecule has 26 heavy (non-hydrogen) atoms. The summed E-state index contributed by atoms with van der Waals surface area (Å²) in [6.07, 6.45) is 6.09. The first-order valence-corrected chi connectivity index (χ1v) is 11.2. The molecule has 2 atom stereocenters. The van der Waals surface area contributed by atoms with Crippen molar-refractivity contribution in [1.82, 2.24) is 4.90 Å².